The van der Waals surface area contributed by atoms with Crippen LogP contribution in [0.3, 0.4) is 0 Å². The van der Waals surface area contributed by atoms with Crippen LogP contribution in [0, 0.1) is 20.8 Å². The number of rotatable bonds is 5. The van der Waals surface area contributed by atoms with Gasteiger partial charge in [-0.2, -0.15) is 0 Å². The molecule has 1 aromatic rings. The summed E-state index contributed by atoms with van der Waals surface area (Å²) >= 11 is 0. The predicted molar refractivity (Wildman–Crippen MR) is 82.4 cm³/mol. The van der Waals surface area contributed by atoms with Gasteiger partial charge < -0.3 is 15.2 Å². The molecular weight excluding hydrogens is 250 g/mol. The Balaban J connectivity index is 1.78. The standard InChI is InChI=1S/C17H27NO2/c1-12-10-13(2)17(14(3)11-12)20-9-8-18-15-6-4-5-7-16(15)19/h10-11,15-16,18-19H,4-9H2,1-3H3/t15-,16-/m1/s1. The van der Waals surface area contributed by atoms with Crippen molar-refractivity contribution in [1.82, 2.24) is 5.32 Å². The maximum absolute atomic E-state index is 9.90. The first kappa shape index (κ1) is 15.3. The fourth-order valence-corrected chi connectivity index (χ4v) is 3.14. The second kappa shape index (κ2) is 7.09. The van der Waals surface area contributed by atoms with Crippen LogP contribution in [-0.4, -0.2) is 30.4 Å². The molecule has 0 unspecified atom stereocenters. The van der Waals surface area contributed by atoms with E-state index in [9.17, 15) is 5.11 Å². The van der Waals surface area contributed by atoms with Gasteiger partial charge in [0.05, 0.1) is 6.10 Å². The van der Waals surface area contributed by atoms with Crippen molar-refractivity contribution in [3.63, 3.8) is 0 Å². The first-order chi connectivity index (χ1) is 9.58. The summed E-state index contributed by atoms with van der Waals surface area (Å²) in [5, 5.41) is 13.3. The van der Waals surface area contributed by atoms with Gasteiger partial charge in [-0.1, -0.05) is 30.5 Å². The Labute approximate surface area is 122 Å². The van der Waals surface area contributed by atoms with Gasteiger partial charge in [0.15, 0.2) is 0 Å². The lowest BCUT2D eigenvalue weighted by molar-refractivity contribution is 0.0890. The highest BCUT2D eigenvalue weighted by Crippen LogP contribution is 2.24. The van der Waals surface area contributed by atoms with Crippen LogP contribution in [0.15, 0.2) is 12.1 Å². The molecule has 0 bridgehead atoms. The van der Waals surface area contributed by atoms with Crippen LogP contribution in [0.2, 0.25) is 0 Å². The lowest BCUT2D eigenvalue weighted by Gasteiger charge is -2.28. The van der Waals surface area contributed by atoms with Gasteiger partial charge in [0.2, 0.25) is 0 Å². The molecule has 1 saturated carbocycles. The summed E-state index contributed by atoms with van der Waals surface area (Å²) in [4.78, 5) is 0. The van der Waals surface area contributed by atoms with Crippen molar-refractivity contribution in [2.24, 2.45) is 0 Å². The van der Waals surface area contributed by atoms with E-state index in [0.29, 0.717) is 6.61 Å². The summed E-state index contributed by atoms with van der Waals surface area (Å²) in [6.07, 6.45) is 4.17. The Kier molecular flexibility index (Phi) is 5.44. The second-order valence-corrected chi connectivity index (χ2v) is 5.99. The van der Waals surface area contributed by atoms with E-state index in [1.165, 1.54) is 23.1 Å². The maximum atomic E-state index is 9.90. The number of ether oxygens (including phenoxy) is 1. The first-order valence-electron chi connectivity index (χ1n) is 7.70. The van der Waals surface area contributed by atoms with Gasteiger partial charge in [-0.05, 0) is 44.7 Å². The number of hydrogen-bond acceptors (Lipinski definition) is 3. The van der Waals surface area contributed by atoms with Crippen molar-refractivity contribution in [2.75, 3.05) is 13.2 Å². The van der Waals surface area contributed by atoms with Gasteiger partial charge in [-0.25, -0.2) is 0 Å². The molecular formula is C17H27NO2. The van der Waals surface area contributed by atoms with Crippen molar-refractivity contribution in [2.45, 2.75) is 58.6 Å². The molecule has 0 heterocycles. The van der Waals surface area contributed by atoms with E-state index in [1.807, 2.05) is 0 Å². The maximum Gasteiger partial charge on any atom is 0.125 e. The van der Waals surface area contributed by atoms with Crippen molar-refractivity contribution in [1.29, 1.82) is 0 Å². The molecule has 0 amide bonds. The summed E-state index contributed by atoms with van der Waals surface area (Å²) in [5.41, 5.74) is 3.66. The third-order valence-corrected chi connectivity index (χ3v) is 4.09. The van der Waals surface area contributed by atoms with Crippen LogP contribution >= 0.6 is 0 Å². The Morgan fingerprint density at radius 2 is 1.80 bits per heavy atom. The Hall–Kier alpha value is -1.06. The molecule has 0 spiro atoms. The Bertz CT molecular complexity index is 422. The van der Waals surface area contributed by atoms with Crippen molar-refractivity contribution in [3.05, 3.63) is 28.8 Å². The van der Waals surface area contributed by atoms with Crippen LogP contribution < -0.4 is 10.1 Å². The summed E-state index contributed by atoms with van der Waals surface area (Å²) < 4.78 is 5.90. The van der Waals surface area contributed by atoms with Crippen molar-refractivity contribution >= 4 is 0 Å². The van der Waals surface area contributed by atoms with Crippen LogP contribution in [0.1, 0.15) is 42.4 Å². The molecule has 3 heteroatoms. The van der Waals surface area contributed by atoms with E-state index in [2.05, 4.69) is 38.2 Å². The van der Waals surface area contributed by atoms with E-state index < -0.39 is 0 Å². The number of nitrogens with one attached hydrogen (secondary N) is 1. The van der Waals surface area contributed by atoms with Gasteiger partial charge in [0.1, 0.15) is 12.4 Å². The Morgan fingerprint density at radius 3 is 2.45 bits per heavy atom. The van der Waals surface area contributed by atoms with E-state index >= 15 is 0 Å². The molecule has 0 saturated heterocycles. The van der Waals surface area contributed by atoms with Crippen molar-refractivity contribution in [3.8, 4) is 5.75 Å². The highest BCUT2D eigenvalue weighted by atomic mass is 16.5. The molecule has 0 aromatic heterocycles. The van der Waals surface area contributed by atoms with Gasteiger partial charge in [0, 0.05) is 12.6 Å². The molecule has 0 aliphatic heterocycles. The van der Waals surface area contributed by atoms with E-state index in [0.717, 1.165) is 31.6 Å². The molecule has 1 aliphatic rings. The van der Waals surface area contributed by atoms with Crippen LogP contribution in [-0.2, 0) is 0 Å². The van der Waals surface area contributed by atoms with Crippen LogP contribution in [0.25, 0.3) is 0 Å². The third kappa shape index (κ3) is 3.97. The smallest absolute Gasteiger partial charge is 0.125 e. The first-order valence-corrected chi connectivity index (χ1v) is 7.70. The number of benzene rings is 1. The Morgan fingerprint density at radius 1 is 1.15 bits per heavy atom. The minimum atomic E-state index is -0.188. The zero-order chi connectivity index (χ0) is 14.5. The molecule has 20 heavy (non-hydrogen) atoms. The summed E-state index contributed by atoms with van der Waals surface area (Å²) in [5.74, 6) is 1.00. The van der Waals surface area contributed by atoms with E-state index in [4.69, 9.17) is 4.74 Å². The topological polar surface area (TPSA) is 41.5 Å². The average Bonchev–Trinajstić information content (AvgIpc) is 2.38. The number of aliphatic hydroxyl groups is 1. The minimum absolute atomic E-state index is 0.188. The highest BCUT2D eigenvalue weighted by molar-refractivity contribution is 5.42. The summed E-state index contributed by atoms with van der Waals surface area (Å²) in [6.45, 7) is 7.72. The van der Waals surface area contributed by atoms with Gasteiger partial charge >= 0.3 is 0 Å². The molecule has 1 aliphatic carbocycles. The highest BCUT2D eigenvalue weighted by Gasteiger charge is 2.21. The van der Waals surface area contributed by atoms with E-state index in [1.54, 1.807) is 0 Å². The number of hydrogen-bond donors (Lipinski definition) is 2. The summed E-state index contributed by atoms with van der Waals surface area (Å²) in [6, 6.07) is 4.55. The normalized spacial score (nSPS) is 22.8. The summed E-state index contributed by atoms with van der Waals surface area (Å²) in [7, 11) is 0. The van der Waals surface area contributed by atoms with Crippen molar-refractivity contribution < 1.29 is 9.84 Å². The largest absolute Gasteiger partial charge is 0.492 e. The van der Waals surface area contributed by atoms with E-state index in [-0.39, 0.29) is 12.1 Å². The lowest BCUT2D eigenvalue weighted by atomic mass is 9.93. The third-order valence-electron chi connectivity index (χ3n) is 4.09. The SMILES string of the molecule is Cc1cc(C)c(OCCN[C@@H]2CCCC[C@H]2O)c(C)c1. The average molecular weight is 277 g/mol. The molecule has 3 nitrogen and oxygen atoms in total. The molecule has 0 radical (unpaired) electrons. The fraction of sp³-hybridized carbons (Fsp3) is 0.647. The molecule has 1 fully saturated rings. The zero-order valence-electron chi connectivity index (χ0n) is 12.9. The fourth-order valence-electron chi connectivity index (χ4n) is 3.14. The molecule has 2 N–H and O–H groups in total. The monoisotopic (exact) mass is 277 g/mol. The molecule has 1 aromatic carbocycles. The second-order valence-electron chi connectivity index (χ2n) is 5.99. The molecule has 2 rings (SSSR count). The van der Waals surface area contributed by atoms with Crippen LogP contribution in [0.4, 0.5) is 0 Å². The minimum Gasteiger partial charge on any atom is -0.492 e. The molecule has 112 valence electrons. The zero-order valence-corrected chi connectivity index (χ0v) is 12.9. The predicted octanol–water partition coefficient (Wildman–Crippen LogP) is 2.88. The molecule has 2 atom stereocenters. The number of aliphatic hydroxyl groups excluding tert-OH is 1. The number of aryl methyl sites for hydroxylation is 3. The lowest BCUT2D eigenvalue weighted by Crippen LogP contribution is -2.43. The van der Waals surface area contributed by atoms with Gasteiger partial charge in [0.25, 0.3) is 0 Å². The van der Waals surface area contributed by atoms with Gasteiger partial charge in [-0.3, -0.25) is 0 Å². The van der Waals surface area contributed by atoms with Crippen LogP contribution in [0.5, 0.6) is 5.75 Å². The van der Waals surface area contributed by atoms with Gasteiger partial charge in [-0.15, -0.1) is 0 Å². The quantitative estimate of drug-likeness (QED) is 0.813.